The molecule has 1 atom stereocenters. The Morgan fingerprint density at radius 1 is 0.967 bits per heavy atom. The van der Waals surface area contributed by atoms with E-state index in [1.54, 1.807) is 7.05 Å². The lowest BCUT2D eigenvalue weighted by molar-refractivity contribution is -0.119. The van der Waals surface area contributed by atoms with Gasteiger partial charge in [0.2, 0.25) is 5.91 Å². The fourth-order valence-electron chi connectivity index (χ4n) is 3.82. The van der Waals surface area contributed by atoms with E-state index in [2.05, 4.69) is 68.3 Å². The molecule has 3 rings (SSSR count). The largest absolute Gasteiger partial charge is 0.354 e. The van der Waals surface area contributed by atoms with Gasteiger partial charge in [0, 0.05) is 20.1 Å². The summed E-state index contributed by atoms with van der Waals surface area (Å²) in [6.45, 7) is 3.82. The molecule has 1 aliphatic heterocycles. The number of carbonyl (C=O) groups excluding carboxylic acids is 1. The summed E-state index contributed by atoms with van der Waals surface area (Å²) in [5.41, 5.74) is 2.53. The zero-order valence-electron chi connectivity index (χ0n) is 17.8. The molecule has 2 aromatic rings. The first kappa shape index (κ1) is 21.8. The van der Waals surface area contributed by atoms with E-state index in [1.165, 1.54) is 24.0 Å². The maximum absolute atomic E-state index is 12.2. The third-order valence-electron chi connectivity index (χ3n) is 5.45. The molecule has 0 aliphatic carbocycles. The molecule has 1 saturated heterocycles. The Bertz CT molecular complexity index is 788. The predicted octanol–water partition coefficient (Wildman–Crippen LogP) is 2.35. The Labute approximate surface area is 179 Å². The van der Waals surface area contributed by atoms with Crippen LogP contribution in [0.3, 0.4) is 0 Å². The minimum Gasteiger partial charge on any atom is -0.354 e. The van der Waals surface area contributed by atoms with Crippen molar-refractivity contribution in [2.24, 2.45) is 4.99 Å². The number of benzene rings is 2. The molecule has 0 saturated carbocycles. The van der Waals surface area contributed by atoms with E-state index < -0.39 is 0 Å². The monoisotopic (exact) mass is 407 g/mol. The summed E-state index contributed by atoms with van der Waals surface area (Å²) >= 11 is 0. The van der Waals surface area contributed by atoms with Crippen LogP contribution in [0.25, 0.3) is 0 Å². The van der Waals surface area contributed by atoms with E-state index in [9.17, 15) is 4.79 Å². The van der Waals surface area contributed by atoms with Crippen LogP contribution in [-0.4, -0.2) is 56.5 Å². The number of aliphatic imine (C=N–C) groups is 1. The number of amides is 1. The molecular formula is C24H33N5O. The molecule has 2 aromatic carbocycles. The normalized spacial score (nSPS) is 15.6. The van der Waals surface area contributed by atoms with Gasteiger partial charge in [0.15, 0.2) is 5.96 Å². The maximum Gasteiger partial charge on any atom is 0.239 e. The lowest BCUT2D eigenvalue weighted by atomic mass is 10.1. The number of likely N-dealkylation sites (tertiary alicyclic amines) is 1. The minimum absolute atomic E-state index is 0.0342. The number of guanidine groups is 1. The first-order valence-electron chi connectivity index (χ1n) is 10.8. The molecule has 0 aromatic heterocycles. The van der Waals surface area contributed by atoms with Gasteiger partial charge in [-0.2, -0.15) is 0 Å². The van der Waals surface area contributed by atoms with Crippen LogP contribution in [-0.2, 0) is 11.2 Å². The summed E-state index contributed by atoms with van der Waals surface area (Å²) in [7, 11) is 1.73. The lowest BCUT2D eigenvalue weighted by Gasteiger charge is -2.28. The second kappa shape index (κ2) is 12.0. The summed E-state index contributed by atoms with van der Waals surface area (Å²) in [5.74, 6) is 0.612. The Balaban J connectivity index is 1.43. The molecule has 1 unspecified atom stereocenters. The van der Waals surface area contributed by atoms with Crippen molar-refractivity contribution in [3.05, 3.63) is 71.8 Å². The molecule has 3 N–H and O–H groups in total. The van der Waals surface area contributed by atoms with Crippen molar-refractivity contribution in [3.8, 4) is 0 Å². The van der Waals surface area contributed by atoms with E-state index >= 15 is 0 Å². The number of nitrogens with zero attached hydrogens (tertiary/aromatic N) is 2. The molecule has 6 heteroatoms. The minimum atomic E-state index is -0.0342. The van der Waals surface area contributed by atoms with Gasteiger partial charge in [-0.25, -0.2) is 0 Å². The zero-order valence-corrected chi connectivity index (χ0v) is 17.8. The summed E-state index contributed by atoms with van der Waals surface area (Å²) in [6.07, 6.45) is 3.33. The van der Waals surface area contributed by atoms with Crippen molar-refractivity contribution in [1.29, 1.82) is 0 Å². The standard InChI is InChI=1S/C24H33N5O/c1-25-24(28-19-23(30)26-15-14-20-10-4-2-5-11-20)27-18-22(29-16-8-9-17-29)21-12-6-3-7-13-21/h2-7,10-13,22H,8-9,14-19H2,1H3,(H,26,30)(H2,25,27,28). The average Bonchev–Trinajstić information content (AvgIpc) is 3.32. The van der Waals surface area contributed by atoms with Gasteiger partial charge >= 0.3 is 0 Å². The third-order valence-corrected chi connectivity index (χ3v) is 5.45. The Hall–Kier alpha value is -2.86. The highest BCUT2D eigenvalue weighted by molar-refractivity contribution is 5.86. The molecule has 1 aliphatic rings. The van der Waals surface area contributed by atoms with E-state index in [-0.39, 0.29) is 12.5 Å². The number of hydrogen-bond donors (Lipinski definition) is 3. The second-order valence-electron chi connectivity index (χ2n) is 7.56. The molecular weight excluding hydrogens is 374 g/mol. The van der Waals surface area contributed by atoms with Crippen molar-refractivity contribution < 1.29 is 4.79 Å². The number of nitrogens with one attached hydrogen (secondary N) is 3. The van der Waals surface area contributed by atoms with Crippen LogP contribution in [0.2, 0.25) is 0 Å². The van der Waals surface area contributed by atoms with Crippen molar-refractivity contribution in [1.82, 2.24) is 20.9 Å². The molecule has 0 radical (unpaired) electrons. The van der Waals surface area contributed by atoms with Crippen molar-refractivity contribution in [3.63, 3.8) is 0 Å². The Kier molecular flexibility index (Phi) is 8.72. The summed E-state index contributed by atoms with van der Waals surface area (Å²) in [6, 6.07) is 21.1. The van der Waals surface area contributed by atoms with Crippen molar-refractivity contribution in [2.75, 3.05) is 39.8 Å². The van der Waals surface area contributed by atoms with Crippen molar-refractivity contribution >= 4 is 11.9 Å². The predicted molar refractivity (Wildman–Crippen MR) is 123 cm³/mol. The fraction of sp³-hybridized carbons (Fsp3) is 0.417. The highest BCUT2D eigenvalue weighted by Gasteiger charge is 2.23. The van der Waals surface area contributed by atoms with Crippen LogP contribution in [0.15, 0.2) is 65.7 Å². The number of carbonyl (C=O) groups is 1. The summed E-state index contributed by atoms with van der Waals surface area (Å²) in [4.78, 5) is 19.0. The van der Waals surface area contributed by atoms with Gasteiger partial charge in [0.25, 0.3) is 0 Å². The van der Waals surface area contributed by atoms with Gasteiger partial charge in [-0.15, -0.1) is 0 Å². The molecule has 0 spiro atoms. The second-order valence-corrected chi connectivity index (χ2v) is 7.56. The SMILES string of the molecule is CN=C(NCC(=O)NCCc1ccccc1)NCC(c1ccccc1)N1CCCC1. The van der Waals surface area contributed by atoms with E-state index in [4.69, 9.17) is 0 Å². The summed E-state index contributed by atoms with van der Waals surface area (Å²) < 4.78 is 0. The topological polar surface area (TPSA) is 68.8 Å². The molecule has 1 heterocycles. The molecule has 6 nitrogen and oxygen atoms in total. The molecule has 30 heavy (non-hydrogen) atoms. The van der Waals surface area contributed by atoms with Gasteiger partial charge < -0.3 is 16.0 Å². The highest BCUT2D eigenvalue weighted by atomic mass is 16.1. The molecule has 160 valence electrons. The van der Waals surface area contributed by atoms with Crippen LogP contribution < -0.4 is 16.0 Å². The van der Waals surface area contributed by atoms with Gasteiger partial charge in [0.1, 0.15) is 0 Å². The fourth-order valence-corrected chi connectivity index (χ4v) is 3.82. The molecule has 1 amide bonds. The first-order valence-corrected chi connectivity index (χ1v) is 10.8. The highest BCUT2D eigenvalue weighted by Crippen LogP contribution is 2.24. The van der Waals surface area contributed by atoms with Gasteiger partial charge in [-0.05, 0) is 43.5 Å². The number of rotatable bonds is 9. The van der Waals surface area contributed by atoms with Crippen molar-refractivity contribution in [2.45, 2.75) is 25.3 Å². The quantitative estimate of drug-likeness (QED) is 0.441. The Morgan fingerprint density at radius 3 is 2.30 bits per heavy atom. The van der Waals surface area contributed by atoms with Gasteiger partial charge in [0.05, 0.1) is 12.6 Å². The van der Waals surface area contributed by atoms with Crippen LogP contribution in [0.1, 0.15) is 30.0 Å². The maximum atomic E-state index is 12.2. The van der Waals surface area contributed by atoms with E-state index in [0.29, 0.717) is 18.5 Å². The van der Waals surface area contributed by atoms with Crippen LogP contribution >= 0.6 is 0 Å². The van der Waals surface area contributed by atoms with Crippen LogP contribution in [0.4, 0.5) is 0 Å². The number of hydrogen-bond acceptors (Lipinski definition) is 3. The summed E-state index contributed by atoms with van der Waals surface area (Å²) in [5, 5.41) is 9.48. The van der Waals surface area contributed by atoms with E-state index in [1.807, 2.05) is 18.2 Å². The third kappa shape index (κ3) is 6.88. The molecule has 0 bridgehead atoms. The zero-order chi connectivity index (χ0) is 21.0. The smallest absolute Gasteiger partial charge is 0.239 e. The molecule has 1 fully saturated rings. The van der Waals surface area contributed by atoms with E-state index in [0.717, 1.165) is 26.1 Å². The van der Waals surface area contributed by atoms with Crippen LogP contribution in [0, 0.1) is 0 Å². The van der Waals surface area contributed by atoms with Gasteiger partial charge in [-0.3, -0.25) is 14.7 Å². The first-order chi connectivity index (χ1) is 14.8. The Morgan fingerprint density at radius 2 is 1.63 bits per heavy atom. The lowest BCUT2D eigenvalue weighted by Crippen LogP contribution is -2.46. The van der Waals surface area contributed by atoms with Crippen LogP contribution in [0.5, 0.6) is 0 Å². The average molecular weight is 408 g/mol. The van der Waals surface area contributed by atoms with Gasteiger partial charge in [-0.1, -0.05) is 60.7 Å².